The predicted octanol–water partition coefficient (Wildman–Crippen LogP) is 4.72. The summed E-state index contributed by atoms with van der Waals surface area (Å²) in [6.07, 6.45) is 0.152. The standard InChI is InChI=1S/C22H35NO5/c1-8-12-18(19(15(2)3)26-17-13-10-9-11-14-17)27-20(24)16(4)23-21(25)28-22(5,6)7/h9-11,13-16,18-19H,8,12H2,1-7H3,(H,23,25)/t16-,18+,19+/m0/s1. The number of amides is 1. The maximum atomic E-state index is 12.6. The lowest BCUT2D eigenvalue weighted by molar-refractivity contribution is -0.158. The average molecular weight is 394 g/mol. The van der Waals surface area contributed by atoms with Crippen molar-refractivity contribution in [2.75, 3.05) is 0 Å². The van der Waals surface area contributed by atoms with Crippen molar-refractivity contribution in [1.29, 1.82) is 0 Å². The first-order valence-corrected chi connectivity index (χ1v) is 9.95. The molecule has 0 saturated carbocycles. The molecule has 1 aromatic carbocycles. The molecule has 6 nitrogen and oxygen atoms in total. The van der Waals surface area contributed by atoms with Gasteiger partial charge in [0.05, 0.1) is 0 Å². The summed E-state index contributed by atoms with van der Waals surface area (Å²) in [5.74, 6) is 0.364. The Hall–Kier alpha value is -2.24. The van der Waals surface area contributed by atoms with Crippen LogP contribution in [0.15, 0.2) is 30.3 Å². The number of carbonyl (C=O) groups excluding carboxylic acids is 2. The highest BCUT2D eigenvalue weighted by molar-refractivity contribution is 5.81. The average Bonchev–Trinajstić information content (AvgIpc) is 2.58. The summed E-state index contributed by atoms with van der Waals surface area (Å²) in [6.45, 7) is 13.0. The lowest BCUT2D eigenvalue weighted by atomic mass is 9.98. The van der Waals surface area contributed by atoms with Crippen molar-refractivity contribution in [1.82, 2.24) is 5.32 Å². The van der Waals surface area contributed by atoms with Gasteiger partial charge in [-0.1, -0.05) is 45.4 Å². The molecule has 158 valence electrons. The van der Waals surface area contributed by atoms with Crippen LogP contribution in [0.3, 0.4) is 0 Å². The molecular formula is C22H35NO5. The molecule has 28 heavy (non-hydrogen) atoms. The van der Waals surface area contributed by atoms with E-state index in [2.05, 4.69) is 5.32 Å². The Morgan fingerprint density at radius 1 is 1.07 bits per heavy atom. The van der Waals surface area contributed by atoms with E-state index >= 15 is 0 Å². The van der Waals surface area contributed by atoms with E-state index in [0.717, 1.165) is 12.2 Å². The zero-order valence-corrected chi connectivity index (χ0v) is 18.2. The highest BCUT2D eigenvalue weighted by Crippen LogP contribution is 2.22. The normalized spacial score (nSPS) is 14.7. The van der Waals surface area contributed by atoms with Crippen LogP contribution < -0.4 is 10.1 Å². The summed E-state index contributed by atoms with van der Waals surface area (Å²) >= 11 is 0. The number of hydrogen-bond acceptors (Lipinski definition) is 5. The number of esters is 1. The van der Waals surface area contributed by atoms with Crippen LogP contribution in [0.5, 0.6) is 5.75 Å². The van der Waals surface area contributed by atoms with Crippen molar-refractivity contribution in [2.24, 2.45) is 5.92 Å². The molecular weight excluding hydrogens is 358 g/mol. The molecule has 0 saturated heterocycles. The van der Waals surface area contributed by atoms with Gasteiger partial charge >= 0.3 is 12.1 Å². The summed E-state index contributed by atoms with van der Waals surface area (Å²) in [6, 6.07) is 8.67. The van der Waals surface area contributed by atoms with Crippen molar-refractivity contribution in [3.8, 4) is 5.75 Å². The smallest absolute Gasteiger partial charge is 0.408 e. The SMILES string of the molecule is CCC[C@@H](OC(=O)[C@H](C)NC(=O)OC(C)(C)C)[C@H](Oc1ccccc1)C(C)C. The van der Waals surface area contributed by atoms with Crippen LogP contribution in [0, 0.1) is 5.92 Å². The first-order chi connectivity index (χ1) is 13.0. The number of carbonyl (C=O) groups is 2. The number of alkyl carbamates (subject to hydrolysis) is 1. The third kappa shape index (κ3) is 8.63. The number of hydrogen-bond donors (Lipinski definition) is 1. The summed E-state index contributed by atoms with van der Waals surface area (Å²) in [4.78, 5) is 24.5. The zero-order chi connectivity index (χ0) is 21.3. The summed E-state index contributed by atoms with van der Waals surface area (Å²) in [5, 5.41) is 2.53. The Morgan fingerprint density at radius 3 is 2.18 bits per heavy atom. The fraction of sp³-hybridized carbons (Fsp3) is 0.636. The van der Waals surface area contributed by atoms with Crippen LogP contribution in [0.1, 0.15) is 61.3 Å². The van der Waals surface area contributed by atoms with Gasteiger partial charge in [-0.25, -0.2) is 9.59 Å². The van der Waals surface area contributed by atoms with Crippen molar-refractivity contribution in [3.05, 3.63) is 30.3 Å². The fourth-order valence-corrected chi connectivity index (χ4v) is 2.67. The number of nitrogens with one attached hydrogen (secondary N) is 1. The van der Waals surface area contributed by atoms with Gasteiger partial charge in [-0.2, -0.15) is 0 Å². The molecule has 0 spiro atoms. The zero-order valence-electron chi connectivity index (χ0n) is 18.2. The van der Waals surface area contributed by atoms with Gasteiger partial charge in [0.2, 0.25) is 0 Å². The first-order valence-electron chi connectivity index (χ1n) is 9.95. The van der Waals surface area contributed by atoms with Gasteiger partial charge < -0.3 is 19.5 Å². The van der Waals surface area contributed by atoms with E-state index in [1.807, 2.05) is 51.1 Å². The molecule has 0 fully saturated rings. The monoisotopic (exact) mass is 393 g/mol. The minimum absolute atomic E-state index is 0.138. The first kappa shape index (κ1) is 23.8. The van der Waals surface area contributed by atoms with Crippen LogP contribution in [0.25, 0.3) is 0 Å². The van der Waals surface area contributed by atoms with Crippen molar-refractivity contribution >= 4 is 12.1 Å². The Balaban J connectivity index is 2.79. The van der Waals surface area contributed by atoms with E-state index in [-0.39, 0.29) is 12.0 Å². The molecule has 0 aliphatic carbocycles. The molecule has 0 aromatic heterocycles. The maximum Gasteiger partial charge on any atom is 0.408 e. The Labute approximate surface area is 168 Å². The Bertz CT molecular complexity index is 609. The topological polar surface area (TPSA) is 73.9 Å². The van der Waals surface area contributed by atoms with Crippen molar-refractivity contribution < 1.29 is 23.8 Å². The van der Waals surface area contributed by atoms with Gasteiger partial charge in [0.1, 0.15) is 29.6 Å². The van der Waals surface area contributed by atoms with Crippen LogP contribution in [0.4, 0.5) is 4.79 Å². The predicted molar refractivity (Wildman–Crippen MR) is 109 cm³/mol. The molecule has 1 rings (SSSR count). The van der Waals surface area contributed by atoms with E-state index in [9.17, 15) is 9.59 Å². The van der Waals surface area contributed by atoms with Gasteiger partial charge in [-0.05, 0) is 52.2 Å². The van der Waals surface area contributed by atoms with Crippen LogP contribution in [0.2, 0.25) is 0 Å². The second kappa shape index (κ2) is 10.9. The Kier molecular flexibility index (Phi) is 9.29. The van der Waals surface area contributed by atoms with Crippen molar-refractivity contribution in [3.63, 3.8) is 0 Å². The van der Waals surface area contributed by atoms with E-state index < -0.39 is 29.8 Å². The molecule has 0 bridgehead atoms. The Morgan fingerprint density at radius 2 is 1.68 bits per heavy atom. The highest BCUT2D eigenvalue weighted by Gasteiger charge is 2.31. The van der Waals surface area contributed by atoms with Gasteiger partial charge in [-0.15, -0.1) is 0 Å². The fourth-order valence-electron chi connectivity index (χ4n) is 2.67. The summed E-state index contributed by atoms with van der Waals surface area (Å²) < 4.78 is 17.1. The van der Waals surface area contributed by atoms with Gasteiger partial charge in [0, 0.05) is 0 Å². The third-order valence-corrected chi connectivity index (χ3v) is 3.97. The lowest BCUT2D eigenvalue weighted by Crippen LogP contribution is -2.46. The molecule has 0 heterocycles. The minimum Gasteiger partial charge on any atom is -0.486 e. The van der Waals surface area contributed by atoms with E-state index in [4.69, 9.17) is 14.2 Å². The number of rotatable bonds is 9. The van der Waals surface area contributed by atoms with E-state index in [1.54, 1.807) is 27.7 Å². The van der Waals surface area contributed by atoms with E-state index in [0.29, 0.717) is 6.42 Å². The third-order valence-electron chi connectivity index (χ3n) is 3.97. The molecule has 1 aromatic rings. The van der Waals surface area contributed by atoms with Crippen molar-refractivity contribution in [2.45, 2.75) is 85.2 Å². The highest BCUT2D eigenvalue weighted by atomic mass is 16.6. The van der Waals surface area contributed by atoms with Crippen LogP contribution >= 0.6 is 0 Å². The molecule has 1 N–H and O–H groups in total. The van der Waals surface area contributed by atoms with Crippen LogP contribution in [-0.2, 0) is 14.3 Å². The molecule has 0 unspecified atom stereocenters. The summed E-state index contributed by atoms with van der Waals surface area (Å²) in [7, 11) is 0. The van der Waals surface area contributed by atoms with Crippen LogP contribution in [-0.4, -0.2) is 35.9 Å². The maximum absolute atomic E-state index is 12.6. The number of benzene rings is 1. The van der Waals surface area contributed by atoms with Gasteiger partial charge in [0.15, 0.2) is 0 Å². The molecule has 3 atom stereocenters. The second-order valence-electron chi connectivity index (χ2n) is 8.27. The molecule has 0 aliphatic rings. The lowest BCUT2D eigenvalue weighted by Gasteiger charge is -2.31. The molecule has 0 radical (unpaired) electrons. The minimum atomic E-state index is -0.821. The quantitative estimate of drug-likeness (QED) is 0.615. The van der Waals surface area contributed by atoms with E-state index in [1.165, 1.54) is 0 Å². The second-order valence-corrected chi connectivity index (χ2v) is 8.27. The molecule has 1 amide bonds. The van der Waals surface area contributed by atoms with Gasteiger partial charge in [-0.3, -0.25) is 0 Å². The summed E-state index contributed by atoms with van der Waals surface area (Å²) in [5.41, 5.74) is -0.634. The molecule has 0 aliphatic heterocycles. The number of para-hydroxylation sites is 1. The largest absolute Gasteiger partial charge is 0.486 e. The molecule has 6 heteroatoms. The number of ether oxygens (including phenoxy) is 3. The van der Waals surface area contributed by atoms with Gasteiger partial charge in [0.25, 0.3) is 0 Å².